The van der Waals surface area contributed by atoms with Crippen LogP contribution in [0.1, 0.15) is 66.7 Å². The number of phenolic OH excluding ortho intramolecular Hbond substituents is 1. The number of fused-ring (bicyclic) bond motifs is 1. The smallest absolute Gasteiger partial charge is 0.165 e. The summed E-state index contributed by atoms with van der Waals surface area (Å²) in [6.45, 7) is 1.96. The van der Waals surface area contributed by atoms with Gasteiger partial charge in [-0.15, -0.1) is 0 Å². The van der Waals surface area contributed by atoms with Crippen LogP contribution in [0.25, 0.3) is 0 Å². The van der Waals surface area contributed by atoms with Gasteiger partial charge in [0, 0.05) is 30.5 Å². The maximum absolute atomic E-state index is 12.8. The van der Waals surface area contributed by atoms with Crippen LogP contribution < -0.4 is 4.74 Å². The first-order valence-corrected chi connectivity index (χ1v) is 13.8. The predicted octanol–water partition coefficient (Wildman–Crippen LogP) is 4.13. The number of aryl methyl sites for hydroxylation is 1. The van der Waals surface area contributed by atoms with Gasteiger partial charge in [0.25, 0.3) is 0 Å². The zero-order chi connectivity index (χ0) is 24.2. The number of aliphatic hydroxyl groups is 1. The molecule has 1 spiro atoms. The third-order valence-corrected chi connectivity index (χ3v) is 10.7. The summed E-state index contributed by atoms with van der Waals surface area (Å²) in [5, 5.41) is 38.1. The lowest BCUT2D eigenvalue weighted by Crippen LogP contribution is -2.78. The van der Waals surface area contributed by atoms with E-state index >= 15 is 0 Å². The van der Waals surface area contributed by atoms with E-state index in [-0.39, 0.29) is 29.7 Å². The lowest BCUT2D eigenvalue weighted by molar-refractivity contribution is -0.176. The summed E-state index contributed by atoms with van der Waals surface area (Å²) in [5.74, 6) is 1.46. The predicted molar refractivity (Wildman–Crippen MR) is 135 cm³/mol. The molecule has 2 bridgehead atoms. The molecule has 6 heteroatoms. The molecule has 8 rings (SSSR count). The molecule has 2 saturated carbocycles. The molecule has 3 fully saturated rings. The highest BCUT2D eigenvalue weighted by molar-refractivity contribution is 5.92. The van der Waals surface area contributed by atoms with Crippen LogP contribution in [0.3, 0.4) is 0 Å². The Morgan fingerprint density at radius 2 is 1.94 bits per heavy atom. The average molecular weight is 487 g/mol. The molecule has 2 unspecified atom stereocenters. The summed E-state index contributed by atoms with van der Waals surface area (Å²) >= 11 is 0. The molecule has 0 amide bonds. The van der Waals surface area contributed by atoms with Crippen molar-refractivity contribution >= 4 is 5.71 Å². The lowest BCUT2D eigenvalue weighted by atomic mass is 9.45. The first-order chi connectivity index (χ1) is 17.5. The van der Waals surface area contributed by atoms with E-state index in [2.05, 4.69) is 40.4 Å². The van der Waals surface area contributed by atoms with Crippen molar-refractivity contribution in [2.45, 2.75) is 80.4 Å². The fraction of sp³-hybridized carbons (Fsp3) is 0.567. The second kappa shape index (κ2) is 7.26. The number of nitrogens with zero attached hydrogens (tertiary/aromatic N) is 2. The number of hydrogen-bond acceptors (Lipinski definition) is 6. The number of piperidine rings is 1. The molecule has 6 nitrogen and oxygen atoms in total. The van der Waals surface area contributed by atoms with Crippen molar-refractivity contribution in [3.05, 3.63) is 58.7 Å². The molecule has 1 saturated heterocycles. The molecular formula is C30H34N2O4. The lowest BCUT2D eigenvalue weighted by Gasteiger charge is -2.64. The number of rotatable bonds is 3. The van der Waals surface area contributed by atoms with Crippen molar-refractivity contribution in [1.29, 1.82) is 0 Å². The van der Waals surface area contributed by atoms with Crippen molar-refractivity contribution in [3.8, 4) is 11.5 Å². The third kappa shape index (κ3) is 2.57. The van der Waals surface area contributed by atoms with Crippen LogP contribution in [0.5, 0.6) is 11.5 Å². The van der Waals surface area contributed by atoms with Gasteiger partial charge in [-0.25, -0.2) is 0 Å². The molecule has 4 aliphatic carbocycles. The van der Waals surface area contributed by atoms with Crippen LogP contribution in [-0.4, -0.2) is 56.9 Å². The first kappa shape index (κ1) is 21.5. The maximum atomic E-state index is 12.8. The summed E-state index contributed by atoms with van der Waals surface area (Å²) in [4.78, 5) is 2.51. The molecule has 2 aromatic carbocycles. The molecule has 6 atom stereocenters. The molecular weight excluding hydrogens is 452 g/mol. The van der Waals surface area contributed by atoms with Gasteiger partial charge in [0.15, 0.2) is 11.5 Å². The molecule has 6 aliphatic rings. The van der Waals surface area contributed by atoms with E-state index in [9.17, 15) is 15.4 Å². The van der Waals surface area contributed by atoms with E-state index in [1.165, 1.54) is 29.5 Å². The zero-order valence-electron chi connectivity index (χ0n) is 20.6. The Morgan fingerprint density at radius 3 is 2.78 bits per heavy atom. The highest BCUT2D eigenvalue weighted by Crippen LogP contribution is 2.67. The summed E-state index contributed by atoms with van der Waals surface area (Å²) in [7, 11) is 0. The quantitative estimate of drug-likeness (QED) is 0.449. The minimum Gasteiger partial charge on any atom is -0.504 e. The van der Waals surface area contributed by atoms with E-state index in [4.69, 9.17) is 4.74 Å². The molecule has 0 radical (unpaired) electrons. The van der Waals surface area contributed by atoms with E-state index in [0.717, 1.165) is 56.7 Å². The van der Waals surface area contributed by atoms with Gasteiger partial charge in [0.05, 0.1) is 16.7 Å². The minimum atomic E-state index is -1.09. The van der Waals surface area contributed by atoms with E-state index in [0.29, 0.717) is 17.9 Å². The number of benzene rings is 2. The van der Waals surface area contributed by atoms with Gasteiger partial charge in [-0.05, 0) is 86.1 Å². The van der Waals surface area contributed by atoms with Gasteiger partial charge in [0.1, 0.15) is 6.10 Å². The maximum Gasteiger partial charge on any atom is 0.165 e. The number of ether oxygens (including phenoxy) is 1. The zero-order valence-corrected chi connectivity index (χ0v) is 20.6. The summed E-state index contributed by atoms with van der Waals surface area (Å²) in [5.41, 5.74) is 3.88. The van der Waals surface area contributed by atoms with Crippen molar-refractivity contribution in [2.75, 3.05) is 13.1 Å². The Balaban J connectivity index is 1.33. The summed E-state index contributed by atoms with van der Waals surface area (Å²) < 4.78 is 6.80. The summed E-state index contributed by atoms with van der Waals surface area (Å²) in [6, 6.07) is 12.4. The van der Waals surface area contributed by atoms with Crippen LogP contribution in [-0.2, 0) is 18.3 Å². The van der Waals surface area contributed by atoms with Crippen molar-refractivity contribution in [3.63, 3.8) is 0 Å². The van der Waals surface area contributed by atoms with Gasteiger partial charge >= 0.3 is 0 Å². The van der Waals surface area contributed by atoms with Crippen molar-refractivity contribution in [1.82, 2.24) is 4.90 Å². The third-order valence-electron chi connectivity index (χ3n) is 10.7. The van der Waals surface area contributed by atoms with Gasteiger partial charge in [-0.1, -0.05) is 35.5 Å². The van der Waals surface area contributed by atoms with Crippen LogP contribution in [0.2, 0.25) is 0 Å². The fourth-order valence-electron chi connectivity index (χ4n) is 9.07. The standard InChI is InChI=1S/C30H34N2O4/c33-23-11-10-19-14-24-30(34)15-22(31-35)25(21-7-3-5-18-4-1-2-6-20(18)21)28-29(30,26(19)27(23)36-28)12-13-32(24)16-17-8-9-17/h1-2,4,6,10-11,17,21,24-25,28,33-35H,3,5,7-9,12-16H2/t21?,24-,25?,28+,29+,30-/m1/s1. The monoisotopic (exact) mass is 486 g/mol. The fourth-order valence-corrected chi connectivity index (χ4v) is 9.07. The molecule has 188 valence electrons. The topological polar surface area (TPSA) is 85.5 Å². The van der Waals surface area contributed by atoms with Gasteiger partial charge in [-0.3, -0.25) is 4.90 Å². The second-order valence-electron chi connectivity index (χ2n) is 12.3. The van der Waals surface area contributed by atoms with Gasteiger partial charge < -0.3 is 20.2 Å². The van der Waals surface area contributed by atoms with Crippen LogP contribution in [0.15, 0.2) is 41.6 Å². The Morgan fingerprint density at radius 1 is 1.08 bits per heavy atom. The van der Waals surface area contributed by atoms with Crippen LogP contribution >= 0.6 is 0 Å². The number of likely N-dealkylation sites (tertiary alicyclic amines) is 1. The number of aromatic hydroxyl groups is 1. The normalized spacial score (nSPS) is 39.4. The van der Waals surface area contributed by atoms with Gasteiger partial charge in [0.2, 0.25) is 0 Å². The Labute approximate surface area is 211 Å². The summed E-state index contributed by atoms with van der Waals surface area (Å²) in [6.07, 6.45) is 7.22. The molecule has 2 heterocycles. The molecule has 2 aromatic rings. The van der Waals surface area contributed by atoms with Gasteiger partial charge in [-0.2, -0.15) is 0 Å². The van der Waals surface area contributed by atoms with Crippen LogP contribution in [0, 0.1) is 11.8 Å². The first-order valence-electron chi connectivity index (χ1n) is 13.8. The van der Waals surface area contributed by atoms with Crippen LogP contribution in [0.4, 0.5) is 0 Å². The number of hydrogen-bond donors (Lipinski definition) is 3. The highest BCUT2D eigenvalue weighted by atomic mass is 16.5. The molecule has 36 heavy (non-hydrogen) atoms. The minimum absolute atomic E-state index is 0.0442. The van der Waals surface area contributed by atoms with E-state index in [1.54, 1.807) is 6.07 Å². The number of phenols is 1. The Bertz CT molecular complexity index is 1290. The van der Waals surface area contributed by atoms with Crippen molar-refractivity contribution < 1.29 is 20.2 Å². The van der Waals surface area contributed by atoms with Crippen molar-refractivity contribution in [2.24, 2.45) is 17.0 Å². The molecule has 3 N–H and O–H groups in total. The number of oxime groups is 1. The average Bonchev–Trinajstić information content (AvgIpc) is 3.64. The largest absolute Gasteiger partial charge is 0.504 e. The highest BCUT2D eigenvalue weighted by Gasteiger charge is 2.74. The van der Waals surface area contributed by atoms with E-state index in [1.807, 2.05) is 0 Å². The second-order valence-corrected chi connectivity index (χ2v) is 12.3. The SMILES string of the molecule is ON=C1C[C@@]2(O)[C@H]3Cc4ccc(O)c5c4[C@@]2(CCN3CC2CC2)[C@@H](O5)C1C1CCCc2ccccc21. The molecule has 0 aromatic heterocycles. The Kier molecular flexibility index (Phi) is 4.34. The van der Waals surface area contributed by atoms with E-state index < -0.39 is 11.0 Å². The Hall–Kier alpha value is -2.57. The molecule has 2 aliphatic heterocycles.